The van der Waals surface area contributed by atoms with Crippen LogP contribution in [0.15, 0.2) is 24.3 Å². The van der Waals surface area contributed by atoms with E-state index in [4.69, 9.17) is 21.1 Å². The lowest BCUT2D eigenvalue weighted by atomic mass is 9.88. The summed E-state index contributed by atoms with van der Waals surface area (Å²) in [6, 6.07) is 7.81. The third kappa shape index (κ3) is 10.5. The highest BCUT2D eigenvalue weighted by Gasteiger charge is 2.31. The lowest BCUT2D eigenvalue weighted by molar-refractivity contribution is -0.00851. The van der Waals surface area contributed by atoms with Crippen LogP contribution < -0.4 is 16.0 Å². The summed E-state index contributed by atoms with van der Waals surface area (Å²) in [7, 11) is 3.27. The molecule has 1 unspecified atom stereocenters. The molecule has 2 fully saturated rings. The number of alkyl carbamates (subject to hydrolysis) is 1. The van der Waals surface area contributed by atoms with E-state index in [2.05, 4.69) is 20.7 Å². The summed E-state index contributed by atoms with van der Waals surface area (Å²) in [4.78, 5) is 26.3. The molecule has 9 nitrogen and oxygen atoms in total. The Hall–Kier alpha value is -1.78. The van der Waals surface area contributed by atoms with Crippen molar-refractivity contribution >= 4 is 36.1 Å². The molecule has 0 bridgehead atoms. The predicted molar refractivity (Wildman–Crippen MR) is 147 cm³/mol. The number of hydrogen-bond donors (Lipinski definition) is 3. The molecule has 37 heavy (non-hydrogen) atoms. The Bertz CT molecular complexity index is 828. The van der Waals surface area contributed by atoms with E-state index in [-0.39, 0.29) is 36.5 Å². The van der Waals surface area contributed by atoms with Gasteiger partial charge in [0.15, 0.2) is 0 Å². The van der Waals surface area contributed by atoms with Gasteiger partial charge in [-0.15, -0.1) is 12.4 Å². The molecule has 0 aliphatic carbocycles. The van der Waals surface area contributed by atoms with Crippen molar-refractivity contribution in [2.75, 3.05) is 60.2 Å². The molecule has 0 radical (unpaired) electrons. The molecular weight excluding hydrogens is 519 g/mol. The topological polar surface area (TPSA) is 101 Å². The molecule has 1 aromatic rings. The second kappa shape index (κ2) is 16.9. The third-order valence-electron chi connectivity index (χ3n) is 6.99. The van der Waals surface area contributed by atoms with Crippen LogP contribution in [0.4, 0.5) is 9.59 Å². The van der Waals surface area contributed by atoms with Crippen molar-refractivity contribution in [1.82, 2.24) is 20.9 Å². The Kier molecular flexibility index (Phi) is 14.4. The highest BCUT2D eigenvalue weighted by molar-refractivity contribution is 6.30. The van der Waals surface area contributed by atoms with Crippen molar-refractivity contribution in [3.8, 4) is 0 Å². The Morgan fingerprint density at radius 2 is 2.08 bits per heavy atom. The highest BCUT2D eigenvalue weighted by atomic mass is 35.5. The minimum atomic E-state index is -0.491. The van der Waals surface area contributed by atoms with E-state index >= 15 is 0 Å². The maximum atomic E-state index is 13.1. The minimum Gasteiger partial charge on any atom is -0.453 e. The number of methoxy groups -OCH3 is 1. The van der Waals surface area contributed by atoms with Crippen LogP contribution in [0.5, 0.6) is 0 Å². The Balaban J connectivity index is 0.00000481. The molecule has 2 aliphatic rings. The quantitative estimate of drug-likeness (QED) is 0.353. The van der Waals surface area contributed by atoms with E-state index in [0.717, 1.165) is 51.0 Å². The van der Waals surface area contributed by atoms with E-state index < -0.39 is 6.09 Å². The minimum absolute atomic E-state index is 0. The number of rotatable bonds is 11. The van der Waals surface area contributed by atoms with Crippen molar-refractivity contribution in [3.05, 3.63) is 34.9 Å². The molecule has 0 spiro atoms. The van der Waals surface area contributed by atoms with Gasteiger partial charge >= 0.3 is 12.1 Å². The first kappa shape index (κ1) is 31.4. The van der Waals surface area contributed by atoms with Crippen LogP contribution >= 0.6 is 24.0 Å². The molecule has 0 saturated carbocycles. The molecule has 1 aromatic carbocycles. The van der Waals surface area contributed by atoms with Gasteiger partial charge in [-0.1, -0.05) is 23.7 Å². The zero-order chi connectivity index (χ0) is 25.8. The van der Waals surface area contributed by atoms with E-state index in [1.165, 1.54) is 13.5 Å². The first-order valence-electron chi connectivity index (χ1n) is 13.0. The van der Waals surface area contributed by atoms with E-state index in [9.17, 15) is 9.59 Å². The van der Waals surface area contributed by atoms with Gasteiger partial charge in [0.05, 0.1) is 19.8 Å². The van der Waals surface area contributed by atoms with Gasteiger partial charge in [0.25, 0.3) is 0 Å². The summed E-state index contributed by atoms with van der Waals surface area (Å²) in [6.07, 6.45) is 4.38. The SMILES string of the molecule is CN[C@H](CNC(=O)N1CCC[C@@H](C(OCCNC(=O)OC)c2cccc(Cl)c2)C1)C[C@H]1CCCOC1.Cl. The summed E-state index contributed by atoms with van der Waals surface area (Å²) in [5.74, 6) is 0.650. The Labute approximate surface area is 231 Å². The van der Waals surface area contributed by atoms with Gasteiger partial charge in [-0.05, 0) is 62.8 Å². The normalized spacial score (nSPS) is 21.3. The number of nitrogens with one attached hydrogen (secondary N) is 3. The second-order valence-corrected chi connectivity index (χ2v) is 10.0. The second-order valence-electron chi connectivity index (χ2n) is 9.60. The molecule has 2 saturated heterocycles. The summed E-state index contributed by atoms with van der Waals surface area (Å²) in [6.45, 7) is 4.21. The number of nitrogens with zero attached hydrogens (tertiary/aromatic N) is 1. The summed E-state index contributed by atoms with van der Waals surface area (Å²) in [5, 5.41) is 9.76. The van der Waals surface area contributed by atoms with Gasteiger partial charge in [0.1, 0.15) is 0 Å². The van der Waals surface area contributed by atoms with Crippen LogP contribution in [-0.4, -0.2) is 83.2 Å². The number of benzene rings is 1. The molecule has 210 valence electrons. The number of carbonyl (C=O) groups is 2. The lowest BCUT2D eigenvalue weighted by Crippen LogP contribution is -2.50. The van der Waals surface area contributed by atoms with E-state index in [0.29, 0.717) is 37.2 Å². The number of likely N-dealkylation sites (N-methyl/N-ethyl adjacent to an activating group) is 1. The monoisotopic (exact) mass is 560 g/mol. The molecule has 3 N–H and O–H groups in total. The first-order chi connectivity index (χ1) is 17.5. The Morgan fingerprint density at radius 1 is 1.24 bits per heavy atom. The number of carbonyl (C=O) groups excluding carboxylic acids is 2. The van der Waals surface area contributed by atoms with Gasteiger partial charge in [-0.3, -0.25) is 0 Å². The van der Waals surface area contributed by atoms with Crippen molar-refractivity contribution in [2.24, 2.45) is 11.8 Å². The molecule has 3 rings (SSSR count). The van der Waals surface area contributed by atoms with Crippen molar-refractivity contribution in [3.63, 3.8) is 0 Å². The average Bonchev–Trinajstić information content (AvgIpc) is 2.91. The number of hydrogen-bond acceptors (Lipinski definition) is 6. The van der Waals surface area contributed by atoms with Crippen LogP contribution in [-0.2, 0) is 14.2 Å². The highest BCUT2D eigenvalue weighted by Crippen LogP contribution is 2.34. The van der Waals surface area contributed by atoms with Crippen LogP contribution in [0.1, 0.15) is 43.8 Å². The molecule has 3 amide bonds. The van der Waals surface area contributed by atoms with Gasteiger partial charge in [-0.2, -0.15) is 0 Å². The van der Waals surface area contributed by atoms with Crippen molar-refractivity contribution in [2.45, 2.75) is 44.2 Å². The van der Waals surface area contributed by atoms with Gasteiger partial charge in [0.2, 0.25) is 0 Å². The van der Waals surface area contributed by atoms with Gasteiger partial charge in [-0.25, -0.2) is 9.59 Å². The maximum absolute atomic E-state index is 13.1. The lowest BCUT2D eigenvalue weighted by Gasteiger charge is -2.37. The maximum Gasteiger partial charge on any atom is 0.406 e. The van der Waals surface area contributed by atoms with Crippen LogP contribution in [0, 0.1) is 11.8 Å². The van der Waals surface area contributed by atoms with Crippen LogP contribution in [0.25, 0.3) is 0 Å². The van der Waals surface area contributed by atoms with Gasteiger partial charge < -0.3 is 35.1 Å². The molecule has 4 atom stereocenters. The number of amides is 3. The standard InChI is InChI=1S/C26H41ClN4O5.ClH/c1-28-23(14-19-6-5-12-35-18-19)16-30-25(32)31-11-4-8-21(17-31)24(20-7-3-9-22(27)15-20)36-13-10-29-26(33)34-2;/h3,7,9,15,19,21,23-24,28H,4-6,8,10-14,16-18H2,1-2H3,(H,29,33)(H,30,32);1H/t19-,21-,23+,24?;/m1./s1. The van der Waals surface area contributed by atoms with Crippen molar-refractivity contribution in [1.29, 1.82) is 0 Å². The van der Waals surface area contributed by atoms with E-state index in [1.807, 2.05) is 36.2 Å². The number of likely N-dealkylation sites (tertiary alicyclic amines) is 1. The van der Waals surface area contributed by atoms with E-state index in [1.54, 1.807) is 0 Å². The predicted octanol–water partition coefficient (Wildman–Crippen LogP) is 4.00. The van der Waals surface area contributed by atoms with Crippen molar-refractivity contribution < 1.29 is 23.8 Å². The average molecular weight is 562 g/mol. The van der Waals surface area contributed by atoms with Gasteiger partial charge in [0, 0.05) is 56.4 Å². The number of ether oxygens (including phenoxy) is 3. The Morgan fingerprint density at radius 3 is 2.78 bits per heavy atom. The summed E-state index contributed by atoms with van der Waals surface area (Å²) in [5.41, 5.74) is 0.970. The largest absolute Gasteiger partial charge is 0.453 e. The first-order valence-corrected chi connectivity index (χ1v) is 13.3. The fourth-order valence-corrected chi connectivity index (χ4v) is 5.26. The molecule has 0 aromatic heterocycles. The molecule has 11 heteroatoms. The smallest absolute Gasteiger partial charge is 0.406 e. The van der Waals surface area contributed by atoms with Crippen LogP contribution in [0.3, 0.4) is 0 Å². The fraction of sp³-hybridized carbons (Fsp3) is 0.692. The van der Waals surface area contributed by atoms with Crippen LogP contribution in [0.2, 0.25) is 5.02 Å². The summed E-state index contributed by atoms with van der Waals surface area (Å²) >= 11 is 6.27. The molecular formula is C26H42Cl2N4O5. The molecule has 2 aliphatic heterocycles. The number of urea groups is 1. The fourth-order valence-electron chi connectivity index (χ4n) is 5.06. The molecule has 2 heterocycles. The zero-order valence-corrected chi connectivity index (χ0v) is 23.5. The number of halogens is 2. The third-order valence-corrected chi connectivity index (χ3v) is 7.22. The zero-order valence-electron chi connectivity index (χ0n) is 21.9. The summed E-state index contributed by atoms with van der Waals surface area (Å²) < 4.78 is 16.5. The number of piperidine rings is 1.